The van der Waals surface area contributed by atoms with Gasteiger partial charge in [0.05, 0.1) is 0 Å². The maximum absolute atomic E-state index is 6.84. The Morgan fingerprint density at radius 1 is 0.238 bits per heavy atom. The minimum atomic E-state index is 0.868. The Morgan fingerprint density at radius 2 is 0.667 bits per heavy atom. The van der Waals surface area contributed by atoms with Crippen LogP contribution in [0.3, 0.4) is 0 Å². The third-order valence-electron chi connectivity index (χ3n) is 12.4. The summed E-state index contributed by atoms with van der Waals surface area (Å²) in [6.07, 6.45) is 0. The lowest BCUT2D eigenvalue weighted by Gasteiger charge is -2.26. The van der Waals surface area contributed by atoms with Gasteiger partial charge in [0, 0.05) is 45.1 Å². The van der Waals surface area contributed by atoms with E-state index in [0.29, 0.717) is 0 Å². The summed E-state index contributed by atoms with van der Waals surface area (Å²) in [5.41, 5.74) is 13.6. The van der Waals surface area contributed by atoms with Crippen molar-refractivity contribution in [3.8, 4) is 44.9 Å². The first-order valence-electron chi connectivity index (χ1n) is 21.5. The predicted molar refractivity (Wildman–Crippen MR) is 265 cm³/mol. The number of para-hydroxylation sites is 4. The molecule has 63 heavy (non-hydrogen) atoms. The van der Waals surface area contributed by atoms with E-state index in [1.165, 1.54) is 43.6 Å². The van der Waals surface area contributed by atoms with Crippen LogP contribution in [-0.2, 0) is 0 Å². The molecule has 11 aromatic rings. The second-order valence-corrected chi connectivity index (χ2v) is 16.1. The molecular weight excluding hydrogens is 765 g/mol. The first-order valence-corrected chi connectivity index (χ1v) is 21.5. The molecule has 1 aliphatic rings. The standard InChI is InChI=1S/C60H40N2O/c1-5-16-44(17-6-1)61(45-18-7-2-8-19-45)48-33-28-41(29-34-48)43-32-37-52-57-40-55-51-25-14-13-24-50(51)54(39-56(55)53-26-15-27-58(60(53)57)63-59(52)38-43)42-30-35-49(36-31-42)62(46-20-9-3-10-21-46)47-22-11-4-12-23-47/h1-40H. The van der Waals surface area contributed by atoms with Crippen LogP contribution in [0.5, 0.6) is 11.5 Å². The van der Waals surface area contributed by atoms with Gasteiger partial charge in [-0.1, -0.05) is 140 Å². The van der Waals surface area contributed by atoms with E-state index in [2.05, 4.69) is 252 Å². The minimum Gasteiger partial charge on any atom is -0.456 e. The van der Waals surface area contributed by atoms with Gasteiger partial charge in [-0.15, -0.1) is 0 Å². The van der Waals surface area contributed by atoms with Crippen LogP contribution in [0, 0.1) is 0 Å². The predicted octanol–water partition coefficient (Wildman–Crippen LogP) is 17.2. The number of nitrogens with zero attached hydrogens (tertiary/aromatic N) is 2. The number of hydrogen-bond donors (Lipinski definition) is 0. The Balaban J connectivity index is 0.932. The first-order chi connectivity index (χ1) is 31.2. The molecule has 1 heterocycles. The van der Waals surface area contributed by atoms with Gasteiger partial charge < -0.3 is 14.5 Å². The van der Waals surface area contributed by atoms with E-state index in [0.717, 1.165) is 67.7 Å². The zero-order chi connectivity index (χ0) is 41.7. The zero-order valence-corrected chi connectivity index (χ0v) is 34.4. The molecule has 296 valence electrons. The Morgan fingerprint density at radius 3 is 1.22 bits per heavy atom. The van der Waals surface area contributed by atoms with E-state index in [-0.39, 0.29) is 0 Å². The van der Waals surface area contributed by atoms with Crippen molar-refractivity contribution < 1.29 is 4.74 Å². The van der Waals surface area contributed by atoms with Crippen molar-refractivity contribution in [3.63, 3.8) is 0 Å². The highest BCUT2D eigenvalue weighted by Gasteiger charge is 2.24. The highest BCUT2D eigenvalue weighted by Crippen LogP contribution is 2.51. The Bertz CT molecular complexity index is 3360. The Hall–Kier alpha value is -8.40. The zero-order valence-electron chi connectivity index (χ0n) is 34.4. The van der Waals surface area contributed by atoms with Crippen molar-refractivity contribution in [2.45, 2.75) is 0 Å². The number of rotatable bonds is 8. The Labute approximate surface area is 367 Å². The van der Waals surface area contributed by atoms with Gasteiger partial charge in [0.1, 0.15) is 11.5 Å². The summed E-state index contributed by atoms with van der Waals surface area (Å²) < 4.78 is 6.84. The van der Waals surface area contributed by atoms with E-state index < -0.39 is 0 Å². The topological polar surface area (TPSA) is 15.7 Å². The average Bonchev–Trinajstić information content (AvgIpc) is 3.36. The molecule has 0 bridgehead atoms. The lowest BCUT2D eigenvalue weighted by Crippen LogP contribution is -2.09. The van der Waals surface area contributed by atoms with Crippen LogP contribution in [0.1, 0.15) is 0 Å². The second kappa shape index (κ2) is 15.3. The van der Waals surface area contributed by atoms with Crippen LogP contribution in [-0.4, -0.2) is 0 Å². The van der Waals surface area contributed by atoms with Gasteiger partial charge >= 0.3 is 0 Å². The maximum atomic E-state index is 6.84. The third kappa shape index (κ3) is 6.38. The molecule has 0 aromatic heterocycles. The molecule has 0 unspecified atom stereocenters. The van der Waals surface area contributed by atoms with Gasteiger partial charge in [-0.25, -0.2) is 0 Å². The van der Waals surface area contributed by atoms with Gasteiger partial charge in [-0.05, 0) is 158 Å². The van der Waals surface area contributed by atoms with Crippen LogP contribution < -0.4 is 14.5 Å². The summed E-state index contributed by atoms with van der Waals surface area (Å²) in [6, 6.07) is 86.8. The van der Waals surface area contributed by atoms with E-state index in [9.17, 15) is 0 Å². The third-order valence-corrected chi connectivity index (χ3v) is 12.4. The fourth-order valence-electron chi connectivity index (χ4n) is 9.49. The van der Waals surface area contributed by atoms with Gasteiger partial charge in [0.15, 0.2) is 0 Å². The quantitative estimate of drug-likeness (QED) is 0.142. The molecule has 0 amide bonds. The molecule has 0 saturated carbocycles. The second-order valence-electron chi connectivity index (χ2n) is 16.1. The molecule has 0 radical (unpaired) electrons. The highest BCUT2D eigenvalue weighted by molar-refractivity contribution is 6.25. The summed E-state index contributed by atoms with van der Waals surface area (Å²) in [7, 11) is 0. The summed E-state index contributed by atoms with van der Waals surface area (Å²) in [5.74, 6) is 1.75. The van der Waals surface area contributed by atoms with E-state index in [4.69, 9.17) is 4.74 Å². The average molecular weight is 805 g/mol. The molecule has 0 aliphatic carbocycles. The summed E-state index contributed by atoms with van der Waals surface area (Å²) >= 11 is 0. The molecular formula is C60H40N2O. The molecule has 11 aromatic carbocycles. The molecule has 3 heteroatoms. The van der Waals surface area contributed by atoms with Gasteiger partial charge in [0.25, 0.3) is 0 Å². The SMILES string of the molecule is c1ccc(N(c2ccccc2)c2ccc(-c3ccc4c(c3)Oc3cccc5c3c-4cc3c4ccccc4c(-c4ccc(N(c6ccccc6)c6ccccc6)cc4)cc53)cc2)cc1. The molecule has 0 atom stereocenters. The summed E-state index contributed by atoms with van der Waals surface area (Å²) in [4.78, 5) is 4.59. The summed E-state index contributed by atoms with van der Waals surface area (Å²) in [5, 5.41) is 7.25. The maximum Gasteiger partial charge on any atom is 0.135 e. The van der Waals surface area contributed by atoms with E-state index in [1.807, 2.05) is 0 Å². The normalized spacial score (nSPS) is 11.6. The molecule has 3 nitrogen and oxygen atoms in total. The minimum absolute atomic E-state index is 0.868. The Kier molecular flexibility index (Phi) is 8.83. The lowest BCUT2D eigenvalue weighted by atomic mass is 9.86. The van der Waals surface area contributed by atoms with Crippen molar-refractivity contribution in [1.82, 2.24) is 0 Å². The lowest BCUT2D eigenvalue weighted by molar-refractivity contribution is 0.487. The highest BCUT2D eigenvalue weighted by atomic mass is 16.5. The number of ether oxygens (including phenoxy) is 1. The van der Waals surface area contributed by atoms with Crippen LogP contribution in [0.4, 0.5) is 34.1 Å². The summed E-state index contributed by atoms with van der Waals surface area (Å²) in [6.45, 7) is 0. The van der Waals surface area contributed by atoms with Crippen molar-refractivity contribution in [1.29, 1.82) is 0 Å². The van der Waals surface area contributed by atoms with Gasteiger partial charge in [-0.3, -0.25) is 0 Å². The van der Waals surface area contributed by atoms with Gasteiger partial charge in [-0.2, -0.15) is 0 Å². The fourth-order valence-corrected chi connectivity index (χ4v) is 9.49. The number of benzene rings is 11. The monoisotopic (exact) mass is 804 g/mol. The van der Waals surface area contributed by atoms with Crippen molar-refractivity contribution in [2.75, 3.05) is 9.80 Å². The molecule has 1 aliphatic heterocycles. The number of hydrogen-bond acceptors (Lipinski definition) is 3. The van der Waals surface area contributed by atoms with Crippen molar-refractivity contribution in [2.24, 2.45) is 0 Å². The fraction of sp³-hybridized carbons (Fsp3) is 0. The largest absolute Gasteiger partial charge is 0.456 e. The van der Waals surface area contributed by atoms with Gasteiger partial charge in [0.2, 0.25) is 0 Å². The molecule has 0 saturated heterocycles. The number of fused-ring (bicyclic) bond motifs is 6. The molecule has 0 fully saturated rings. The van der Waals surface area contributed by atoms with Crippen LogP contribution in [0.2, 0.25) is 0 Å². The van der Waals surface area contributed by atoms with E-state index >= 15 is 0 Å². The first kappa shape index (κ1) is 36.5. The van der Waals surface area contributed by atoms with Crippen molar-refractivity contribution >= 4 is 66.4 Å². The van der Waals surface area contributed by atoms with Crippen molar-refractivity contribution in [3.05, 3.63) is 243 Å². The van der Waals surface area contributed by atoms with E-state index in [1.54, 1.807) is 0 Å². The molecule has 0 N–H and O–H groups in total. The smallest absolute Gasteiger partial charge is 0.135 e. The van der Waals surface area contributed by atoms with Crippen LogP contribution >= 0.6 is 0 Å². The molecule has 0 spiro atoms. The molecule has 12 rings (SSSR count). The van der Waals surface area contributed by atoms with Crippen LogP contribution in [0.25, 0.3) is 65.7 Å². The van der Waals surface area contributed by atoms with Crippen LogP contribution in [0.15, 0.2) is 243 Å². The number of anilines is 6.